The summed E-state index contributed by atoms with van der Waals surface area (Å²) in [5.41, 5.74) is -0.0882. The van der Waals surface area contributed by atoms with E-state index < -0.39 is 11.7 Å². The number of rotatable bonds is 1. The van der Waals surface area contributed by atoms with Gasteiger partial charge in [-0.1, -0.05) is 19.6 Å². The lowest BCUT2D eigenvalue weighted by Gasteiger charge is -2.63. The Morgan fingerprint density at radius 2 is 1.83 bits per heavy atom. The second-order valence-corrected chi connectivity index (χ2v) is 9.38. The molecule has 3 heteroatoms. The van der Waals surface area contributed by atoms with E-state index in [4.69, 9.17) is 0 Å². The third kappa shape index (κ3) is 1.89. The molecular weight excluding hydrogens is 300 g/mol. The van der Waals surface area contributed by atoms with Crippen molar-refractivity contribution in [3.8, 4) is 0 Å². The van der Waals surface area contributed by atoms with Crippen LogP contribution in [0.15, 0.2) is 24.8 Å². The molecule has 4 aliphatic rings. The number of aliphatic hydroxyl groups excluding tert-OH is 2. The molecule has 0 aromatic heterocycles. The Labute approximate surface area is 145 Å². The Bertz CT molecular complexity index is 571. The second-order valence-electron chi connectivity index (χ2n) is 9.38. The molecule has 0 aromatic carbocycles. The largest absolute Gasteiger partial charge is 0.393 e. The zero-order chi connectivity index (χ0) is 17.3. The van der Waals surface area contributed by atoms with Gasteiger partial charge in [0.2, 0.25) is 0 Å². The summed E-state index contributed by atoms with van der Waals surface area (Å²) in [4.78, 5) is 0. The fourth-order valence-corrected chi connectivity index (χ4v) is 7.25. The van der Waals surface area contributed by atoms with Gasteiger partial charge in [-0.15, -0.1) is 6.58 Å². The first-order chi connectivity index (χ1) is 11.3. The highest BCUT2D eigenvalue weighted by Crippen LogP contribution is 2.68. The van der Waals surface area contributed by atoms with Crippen molar-refractivity contribution >= 4 is 0 Å². The van der Waals surface area contributed by atoms with Gasteiger partial charge in [-0.2, -0.15) is 0 Å². The Morgan fingerprint density at radius 3 is 2.54 bits per heavy atom. The summed E-state index contributed by atoms with van der Waals surface area (Å²) in [6, 6.07) is 0. The molecule has 24 heavy (non-hydrogen) atoms. The molecule has 0 spiro atoms. The van der Waals surface area contributed by atoms with Crippen LogP contribution in [0.3, 0.4) is 0 Å². The van der Waals surface area contributed by atoms with E-state index in [9.17, 15) is 15.3 Å². The van der Waals surface area contributed by atoms with Crippen molar-refractivity contribution in [1.82, 2.24) is 0 Å². The summed E-state index contributed by atoms with van der Waals surface area (Å²) in [7, 11) is 0. The summed E-state index contributed by atoms with van der Waals surface area (Å²) in [5.74, 6) is 1.40. The van der Waals surface area contributed by atoms with E-state index in [0.29, 0.717) is 24.2 Å². The summed E-state index contributed by atoms with van der Waals surface area (Å²) in [5, 5.41) is 32.2. The molecule has 0 heterocycles. The minimum Gasteiger partial charge on any atom is -0.393 e. The van der Waals surface area contributed by atoms with Gasteiger partial charge >= 0.3 is 0 Å². The van der Waals surface area contributed by atoms with Crippen LogP contribution in [0.4, 0.5) is 0 Å². The van der Waals surface area contributed by atoms with E-state index in [-0.39, 0.29) is 16.9 Å². The molecule has 0 unspecified atom stereocenters. The van der Waals surface area contributed by atoms with Gasteiger partial charge < -0.3 is 15.3 Å². The molecule has 4 rings (SSSR count). The van der Waals surface area contributed by atoms with Gasteiger partial charge in [-0.3, -0.25) is 0 Å². The maximum absolute atomic E-state index is 11.4. The lowest BCUT2D eigenvalue weighted by atomic mass is 9.43. The van der Waals surface area contributed by atoms with E-state index in [1.807, 2.05) is 6.08 Å². The second kappa shape index (κ2) is 5.18. The van der Waals surface area contributed by atoms with Crippen LogP contribution in [0.25, 0.3) is 0 Å². The lowest BCUT2D eigenvalue weighted by molar-refractivity contribution is -0.218. The molecule has 8 atom stereocenters. The zero-order valence-corrected chi connectivity index (χ0v) is 14.9. The van der Waals surface area contributed by atoms with Gasteiger partial charge in [0.25, 0.3) is 0 Å². The standard InChI is InChI=1S/C21H32O3/c1-4-20-9-7-16-15(17(20)11-13(2)18(20)23)6-10-21(24)12-14(22)5-8-19(16,21)3/h4,14-18,22-24H,1-2,5-12H2,3H3/t14-,15+,16-,17-,18-,19+,20-,21-/m0/s1. The van der Waals surface area contributed by atoms with Crippen molar-refractivity contribution in [2.24, 2.45) is 28.6 Å². The smallest absolute Gasteiger partial charge is 0.0841 e. The van der Waals surface area contributed by atoms with E-state index in [2.05, 4.69) is 20.1 Å². The van der Waals surface area contributed by atoms with Crippen LogP contribution in [0.1, 0.15) is 58.3 Å². The van der Waals surface area contributed by atoms with Crippen molar-refractivity contribution in [2.45, 2.75) is 76.1 Å². The van der Waals surface area contributed by atoms with Gasteiger partial charge in [0.15, 0.2) is 0 Å². The van der Waals surface area contributed by atoms with Gasteiger partial charge in [-0.05, 0) is 73.7 Å². The van der Waals surface area contributed by atoms with E-state index in [1.165, 1.54) is 0 Å². The first-order valence-corrected chi connectivity index (χ1v) is 9.67. The van der Waals surface area contributed by atoms with Crippen LogP contribution in [0.5, 0.6) is 0 Å². The van der Waals surface area contributed by atoms with Crippen molar-refractivity contribution < 1.29 is 15.3 Å². The van der Waals surface area contributed by atoms with Gasteiger partial charge in [-0.25, -0.2) is 0 Å². The molecular formula is C21H32O3. The lowest BCUT2D eigenvalue weighted by Crippen LogP contribution is -2.63. The third-order valence-electron chi connectivity index (χ3n) is 8.71. The molecule has 0 saturated heterocycles. The highest BCUT2D eigenvalue weighted by atomic mass is 16.3. The van der Waals surface area contributed by atoms with Crippen LogP contribution in [-0.4, -0.2) is 33.1 Å². The van der Waals surface area contributed by atoms with E-state index >= 15 is 0 Å². The quantitative estimate of drug-likeness (QED) is 0.646. The highest BCUT2D eigenvalue weighted by molar-refractivity contribution is 5.28. The number of hydrogen-bond donors (Lipinski definition) is 3. The minimum atomic E-state index is -0.728. The third-order valence-corrected chi connectivity index (χ3v) is 8.71. The van der Waals surface area contributed by atoms with Crippen molar-refractivity contribution in [3.05, 3.63) is 24.8 Å². The van der Waals surface area contributed by atoms with Gasteiger partial charge in [0.05, 0.1) is 17.8 Å². The molecule has 3 nitrogen and oxygen atoms in total. The predicted octanol–water partition coefficient (Wildman–Crippen LogP) is 3.20. The predicted molar refractivity (Wildman–Crippen MR) is 94.2 cm³/mol. The van der Waals surface area contributed by atoms with E-state index in [0.717, 1.165) is 50.5 Å². The summed E-state index contributed by atoms with van der Waals surface area (Å²) in [6.45, 7) is 10.5. The van der Waals surface area contributed by atoms with Crippen LogP contribution >= 0.6 is 0 Å². The molecule has 134 valence electrons. The Kier molecular flexibility index (Phi) is 3.63. The van der Waals surface area contributed by atoms with Crippen LogP contribution in [0, 0.1) is 28.6 Å². The maximum atomic E-state index is 11.4. The summed E-state index contributed by atoms with van der Waals surface area (Å²) >= 11 is 0. The van der Waals surface area contributed by atoms with Gasteiger partial charge in [0, 0.05) is 11.8 Å². The monoisotopic (exact) mass is 332 g/mol. The fourth-order valence-electron chi connectivity index (χ4n) is 7.25. The number of fused-ring (bicyclic) bond motifs is 5. The summed E-state index contributed by atoms with van der Waals surface area (Å²) in [6.07, 6.45) is 8.06. The molecule has 3 N–H and O–H groups in total. The summed E-state index contributed by atoms with van der Waals surface area (Å²) < 4.78 is 0. The fraction of sp³-hybridized carbons (Fsp3) is 0.810. The van der Waals surface area contributed by atoms with Gasteiger partial charge in [0.1, 0.15) is 0 Å². The van der Waals surface area contributed by atoms with Crippen molar-refractivity contribution in [2.75, 3.05) is 0 Å². The molecule has 4 aliphatic carbocycles. The zero-order valence-electron chi connectivity index (χ0n) is 14.9. The number of hydrogen-bond acceptors (Lipinski definition) is 3. The highest BCUT2D eigenvalue weighted by Gasteiger charge is 2.65. The molecule has 0 radical (unpaired) electrons. The topological polar surface area (TPSA) is 60.7 Å². The van der Waals surface area contributed by atoms with Crippen molar-refractivity contribution in [3.63, 3.8) is 0 Å². The van der Waals surface area contributed by atoms with Crippen molar-refractivity contribution in [1.29, 1.82) is 0 Å². The van der Waals surface area contributed by atoms with Crippen LogP contribution in [-0.2, 0) is 0 Å². The normalized spacial score (nSPS) is 57.0. The Balaban J connectivity index is 1.71. The number of aliphatic hydroxyl groups is 3. The molecule has 0 amide bonds. The van der Waals surface area contributed by atoms with Crippen LogP contribution < -0.4 is 0 Å². The maximum Gasteiger partial charge on any atom is 0.0841 e. The molecule has 4 saturated carbocycles. The Hall–Kier alpha value is -0.640. The minimum absolute atomic E-state index is 0.114. The molecule has 0 aromatic rings. The van der Waals surface area contributed by atoms with Crippen LogP contribution in [0.2, 0.25) is 0 Å². The average Bonchev–Trinajstić information content (AvgIpc) is 2.81. The average molecular weight is 332 g/mol. The molecule has 0 bridgehead atoms. The SMILES string of the molecule is C=C[C@]12CC[C@H]3[C@@H](CC[C@]4(O)C[C@@H](O)CC[C@]34C)[C@@H]1CC(=C)[C@@H]2O. The first-order valence-electron chi connectivity index (χ1n) is 9.67. The molecule has 0 aliphatic heterocycles. The molecule has 4 fully saturated rings. The van der Waals surface area contributed by atoms with E-state index in [1.54, 1.807) is 0 Å². The first kappa shape index (κ1) is 16.8. The Morgan fingerprint density at radius 1 is 1.08 bits per heavy atom.